The summed E-state index contributed by atoms with van der Waals surface area (Å²) in [5.41, 5.74) is 0.955. The molecule has 0 N–H and O–H groups in total. The summed E-state index contributed by atoms with van der Waals surface area (Å²) >= 11 is 1.57. The summed E-state index contributed by atoms with van der Waals surface area (Å²) in [6, 6.07) is 0.957. The molecule has 0 saturated carbocycles. The lowest BCUT2D eigenvalue weighted by Crippen LogP contribution is -2.11. The van der Waals surface area contributed by atoms with Crippen molar-refractivity contribution in [3.05, 3.63) is 28.5 Å². The maximum absolute atomic E-state index is 13.0. The Morgan fingerprint density at radius 2 is 2.00 bits per heavy atom. The molecule has 0 aliphatic rings. The molecule has 0 saturated heterocycles. The standard InChI is InChI=1S/C15H13F3N6S/c1-4-8-7(2)25-14-11(8)13-20-12(22-24(13)6-19-14)9-5-10(15(16,17)18)23(3)21-9/h5-6H,4H2,1-3H3. The van der Waals surface area contributed by atoms with Crippen LogP contribution >= 0.6 is 11.3 Å². The molecule has 0 spiro atoms. The summed E-state index contributed by atoms with van der Waals surface area (Å²) in [6.45, 7) is 4.07. The van der Waals surface area contributed by atoms with E-state index in [1.54, 1.807) is 11.3 Å². The van der Waals surface area contributed by atoms with Crippen LogP contribution in [0.15, 0.2) is 12.4 Å². The molecule has 0 bridgehead atoms. The van der Waals surface area contributed by atoms with E-state index in [2.05, 4.69) is 20.2 Å². The van der Waals surface area contributed by atoms with Crippen molar-refractivity contribution < 1.29 is 13.2 Å². The number of alkyl halides is 3. The van der Waals surface area contributed by atoms with Crippen LogP contribution in [0.2, 0.25) is 0 Å². The Bertz CT molecular complexity index is 1100. The highest BCUT2D eigenvalue weighted by molar-refractivity contribution is 7.18. The minimum absolute atomic E-state index is 0.0803. The van der Waals surface area contributed by atoms with Crippen molar-refractivity contribution in [1.29, 1.82) is 0 Å². The van der Waals surface area contributed by atoms with Crippen LogP contribution in [0.4, 0.5) is 13.2 Å². The van der Waals surface area contributed by atoms with Gasteiger partial charge in [0.25, 0.3) is 0 Å². The average Bonchev–Trinajstić information content (AvgIpc) is 3.19. The molecular weight excluding hydrogens is 353 g/mol. The van der Waals surface area contributed by atoms with Gasteiger partial charge < -0.3 is 0 Å². The Morgan fingerprint density at radius 3 is 2.64 bits per heavy atom. The van der Waals surface area contributed by atoms with Gasteiger partial charge in [0.15, 0.2) is 5.65 Å². The number of hydrogen-bond acceptors (Lipinski definition) is 5. The number of nitrogens with zero attached hydrogens (tertiary/aromatic N) is 6. The molecule has 0 aromatic carbocycles. The minimum atomic E-state index is -4.48. The van der Waals surface area contributed by atoms with E-state index in [-0.39, 0.29) is 11.5 Å². The summed E-state index contributed by atoms with van der Waals surface area (Å²) < 4.78 is 41.2. The molecule has 4 heterocycles. The van der Waals surface area contributed by atoms with Gasteiger partial charge in [0.1, 0.15) is 22.5 Å². The molecule has 130 valence electrons. The number of aromatic nitrogens is 6. The normalized spacial score (nSPS) is 12.6. The Hall–Kier alpha value is -2.49. The van der Waals surface area contributed by atoms with Crippen molar-refractivity contribution in [3.63, 3.8) is 0 Å². The quantitative estimate of drug-likeness (QED) is 0.544. The van der Waals surface area contributed by atoms with E-state index < -0.39 is 11.9 Å². The molecule has 10 heteroatoms. The summed E-state index contributed by atoms with van der Waals surface area (Å²) in [4.78, 5) is 10.8. The van der Waals surface area contributed by atoms with E-state index in [1.807, 2.05) is 13.8 Å². The van der Waals surface area contributed by atoms with Gasteiger partial charge >= 0.3 is 6.18 Å². The van der Waals surface area contributed by atoms with Gasteiger partial charge in [-0.15, -0.1) is 16.4 Å². The first-order valence-electron chi connectivity index (χ1n) is 7.54. The zero-order chi connectivity index (χ0) is 17.9. The first-order valence-corrected chi connectivity index (χ1v) is 8.36. The first-order chi connectivity index (χ1) is 11.8. The van der Waals surface area contributed by atoms with Gasteiger partial charge in [-0.1, -0.05) is 6.92 Å². The predicted octanol–water partition coefficient (Wildman–Crippen LogP) is 3.63. The van der Waals surface area contributed by atoms with Gasteiger partial charge in [-0.05, 0) is 25.0 Å². The van der Waals surface area contributed by atoms with E-state index in [0.717, 1.165) is 37.8 Å². The van der Waals surface area contributed by atoms with Crippen molar-refractivity contribution in [1.82, 2.24) is 29.4 Å². The third-order valence-corrected chi connectivity index (χ3v) is 5.14. The molecule has 0 aliphatic heterocycles. The van der Waals surface area contributed by atoms with Crippen LogP contribution < -0.4 is 0 Å². The molecule has 0 aliphatic carbocycles. The Balaban J connectivity index is 1.94. The molecule has 4 rings (SSSR count). The lowest BCUT2D eigenvalue weighted by Gasteiger charge is -2.04. The maximum atomic E-state index is 13.0. The number of fused-ring (bicyclic) bond motifs is 3. The highest BCUT2D eigenvalue weighted by Crippen LogP contribution is 2.34. The van der Waals surface area contributed by atoms with Gasteiger partial charge in [0.2, 0.25) is 5.82 Å². The lowest BCUT2D eigenvalue weighted by atomic mass is 10.1. The van der Waals surface area contributed by atoms with Crippen LogP contribution in [-0.2, 0) is 19.6 Å². The third-order valence-electron chi connectivity index (χ3n) is 4.08. The summed E-state index contributed by atoms with van der Waals surface area (Å²) in [5, 5.41) is 9.07. The topological polar surface area (TPSA) is 60.9 Å². The molecule has 25 heavy (non-hydrogen) atoms. The molecule has 0 amide bonds. The molecular formula is C15H13F3N6S. The smallest absolute Gasteiger partial charge is 0.263 e. The molecule has 6 nitrogen and oxygen atoms in total. The molecule has 0 fully saturated rings. The van der Waals surface area contributed by atoms with Gasteiger partial charge in [0, 0.05) is 11.9 Å². The van der Waals surface area contributed by atoms with E-state index >= 15 is 0 Å². The zero-order valence-corrected chi connectivity index (χ0v) is 14.4. The Morgan fingerprint density at radius 1 is 1.24 bits per heavy atom. The number of halogens is 3. The summed E-state index contributed by atoms with van der Waals surface area (Å²) in [6.07, 6.45) is -2.14. The average molecular weight is 366 g/mol. The van der Waals surface area contributed by atoms with E-state index in [0.29, 0.717) is 5.65 Å². The van der Waals surface area contributed by atoms with Crippen LogP contribution in [0.3, 0.4) is 0 Å². The minimum Gasteiger partial charge on any atom is -0.263 e. The van der Waals surface area contributed by atoms with Crippen LogP contribution in [0.5, 0.6) is 0 Å². The number of hydrogen-bond donors (Lipinski definition) is 0. The monoisotopic (exact) mass is 366 g/mol. The van der Waals surface area contributed by atoms with Crippen LogP contribution in [0.25, 0.3) is 27.4 Å². The fourth-order valence-electron chi connectivity index (χ4n) is 2.94. The highest BCUT2D eigenvalue weighted by Gasteiger charge is 2.35. The SMILES string of the molecule is CCc1c(C)sc2ncn3nc(-c4cc(C(F)(F)F)n(C)n4)nc3c12. The molecule has 4 aromatic heterocycles. The highest BCUT2D eigenvalue weighted by atomic mass is 32.1. The second kappa shape index (κ2) is 5.25. The number of thiophene rings is 1. The summed E-state index contributed by atoms with van der Waals surface area (Å²) in [5.74, 6) is 0.145. The predicted molar refractivity (Wildman–Crippen MR) is 87.5 cm³/mol. The third kappa shape index (κ3) is 2.39. The Labute approximate surface area is 143 Å². The molecule has 0 unspecified atom stereocenters. The van der Waals surface area contributed by atoms with Gasteiger partial charge in [-0.2, -0.15) is 18.3 Å². The van der Waals surface area contributed by atoms with E-state index in [1.165, 1.54) is 17.9 Å². The number of rotatable bonds is 2. The van der Waals surface area contributed by atoms with Crippen molar-refractivity contribution in [2.45, 2.75) is 26.4 Å². The van der Waals surface area contributed by atoms with Crippen molar-refractivity contribution in [3.8, 4) is 11.5 Å². The second-order valence-electron chi connectivity index (χ2n) is 5.65. The van der Waals surface area contributed by atoms with E-state index in [9.17, 15) is 13.2 Å². The lowest BCUT2D eigenvalue weighted by molar-refractivity contribution is -0.143. The second-order valence-corrected chi connectivity index (χ2v) is 6.86. The van der Waals surface area contributed by atoms with Crippen molar-refractivity contribution in [2.24, 2.45) is 7.05 Å². The van der Waals surface area contributed by atoms with Gasteiger partial charge in [-0.3, -0.25) is 4.68 Å². The summed E-state index contributed by atoms with van der Waals surface area (Å²) in [7, 11) is 1.25. The fraction of sp³-hybridized carbons (Fsp3) is 0.333. The van der Waals surface area contributed by atoms with E-state index in [4.69, 9.17) is 0 Å². The van der Waals surface area contributed by atoms with Crippen LogP contribution in [0, 0.1) is 6.92 Å². The maximum Gasteiger partial charge on any atom is 0.433 e. The fourth-order valence-corrected chi connectivity index (χ4v) is 4.02. The molecule has 0 radical (unpaired) electrons. The molecule has 4 aromatic rings. The van der Waals surface area contributed by atoms with Crippen molar-refractivity contribution >= 4 is 27.2 Å². The van der Waals surface area contributed by atoms with Gasteiger partial charge in [0.05, 0.1) is 5.39 Å². The largest absolute Gasteiger partial charge is 0.433 e. The molecule has 0 atom stereocenters. The zero-order valence-electron chi connectivity index (χ0n) is 13.6. The van der Waals surface area contributed by atoms with Crippen LogP contribution in [0.1, 0.15) is 23.1 Å². The Kier molecular flexibility index (Phi) is 3.36. The first kappa shape index (κ1) is 16.0. The van der Waals surface area contributed by atoms with Crippen molar-refractivity contribution in [2.75, 3.05) is 0 Å². The number of aryl methyl sites for hydroxylation is 3. The van der Waals surface area contributed by atoms with Gasteiger partial charge in [-0.25, -0.2) is 14.5 Å². The van der Waals surface area contributed by atoms with Crippen LogP contribution in [-0.4, -0.2) is 29.4 Å².